The normalized spacial score (nSPS) is 14.7. The van der Waals surface area contributed by atoms with Gasteiger partial charge in [-0.25, -0.2) is 4.79 Å². The standard InChI is InChI=1S/C21H19BrO5/c1-21(2,3)27-19(23)12-25-14-8-9-15-17(11-14)26-18(20(15)24)10-13-6-4-5-7-16(13)22/h4-11H,12H2,1-3H3/b18-10-. The summed E-state index contributed by atoms with van der Waals surface area (Å²) in [5, 5.41) is 0. The summed E-state index contributed by atoms with van der Waals surface area (Å²) in [5.74, 6) is 0.407. The third-order valence-corrected chi connectivity index (χ3v) is 4.33. The van der Waals surface area contributed by atoms with E-state index in [9.17, 15) is 9.59 Å². The van der Waals surface area contributed by atoms with E-state index in [0.717, 1.165) is 10.0 Å². The number of ketones is 1. The molecule has 0 radical (unpaired) electrons. The molecule has 0 spiro atoms. The zero-order valence-corrected chi connectivity index (χ0v) is 16.8. The van der Waals surface area contributed by atoms with Crippen LogP contribution in [0.15, 0.2) is 52.7 Å². The molecule has 0 atom stereocenters. The van der Waals surface area contributed by atoms with Crippen molar-refractivity contribution < 1.29 is 23.8 Å². The maximum absolute atomic E-state index is 12.5. The fraction of sp³-hybridized carbons (Fsp3) is 0.238. The van der Waals surface area contributed by atoms with Crippen LogP contribution in [-0.4, -0.2) is 24.0 Å². The summed E-state index contributed by atoms with van der Waals surface area (Å²) in [5.41, 5.74) is 0.729. The van der Waals surface area contributed by atoms with Crippen LogP contribution in [0.2, 0.25) is 0 Å². The number of hydrogen-bond acceptors (Lipinski definition) is 5. The second-order valence-corrected chi connectivity index (χ2v) is 7.85. The Morgan fingerprint density at radius 2 is 1.93 bits per heavy atom. The van der Waals surface area contributed by atoms with Gasteiger partial charge in [0.25, 0.3) is 0 Å². The Hall–Kier alpha value is -2.60. The molecule has 0 saturated heterocycles. The van der Waals surface area contributed by atoms with E-state index in [2.05, 4.69) is 15.9 Å². The average molecular weight is 431 g/mol. The van der Waals surface area contributed by atoms with E-state index in [4.69, 9.17) is 14.2 Å². The number of fused-ring (bicyclic) bond motifs is 1. The lowest BCUT2D eigenvalue weighted by atomic mass is 10.1. The van der Waals surface area contributed by atoms with Crippen LogP contribution in [0.25, 0.3) is 6.08 Å². The topological polar surface area (TPSA) is 61.8 Å². The summed E-state index contributed by atoms with van der Waals surface area (Å²) in [6, 6.07) is 12.4. The van der Waals surface area contributed by atoms with E-state index in [-0.39, 0.29) is 18.1 Å². The third kappa shape index (κ3) is 4.77. The van der Waals surface area contributed by atoms with Crippen LogP contribution >= 0.6 is 15.9 Å². The second kappa shape index (κ2) is 7.56. The summed E-state index contributed by atoms with van der Waals surface area (Å²) >= 11 is 3.45. The largest absolute Gasteiger partial charge is 0.482 e. The van der Waals surface area contributed by atoms with Crippen molar-refractivity contribution >= 4 is 33.8 Å². The summed E-state index contributed by atoms with van der Waals surface area (Å²) in [6.45, 7) is 5.15. The molecule has 0 fully saturated rings. The first-order valence-electron chi connectivity index (χ1n) is 8.40. The molecule has 1 aliphatic heterocycles. The molecule has 0 unspecified atom stereocenters. The lowest BCUT2D eigenvalue weighted by molar-refractivity contribution is -0.157. The number of benzene rings is 2. The van der Waals surface area contributed by atoms with E-state index < -0.39 is 11.6 Å². The summed E-state index contributed by atoms with van der Waals surface area (Å²) < 4.78 is 17.2. The molecule has 2 aromatic rings. The molecule has 0 aromatic heterocycles. The van der Waals surface area contributed by atoms with Crippen molar-refractivity contribution in [3.8, 4) is 11.5 Å². The van der Waals surface area contributed by atoms with Crippen LogP contribution in [0.1, 0.15) is 36.7 Å². The van der Waals surface area contributed by atoms with Crippen LogP contribution in [0.5, 0.6) is 11.5 Å². The highest BCUT2D eigenvalue weighted by molar-refractivity contribution is 9.10. The van der Waals surface area contributed by atoms with Gasteiger partial charge in [0.15, 0.2) is 12.4 Å². The van der Waals surface area contributed by atoms with Crippen molar-refractivity contribution in [3.05, 3.63) is 63.8 Å². The molecule has 0 saturated carbocycles. The minimum absolute atomic E-state index is 0.195. The molecule has 0 bridgehead atoms. The zero-order valence-electron chi connectivity index (χ0n) is 15.2. The summed E-state index contributed by atoms with van der Waals surface area (Å²) in [4.78, 5) is 24.3. The molecule has 2 aromatic carbocycles. The van der Waals surface area contributed by atoms with E-state index >= 15 is 0 Å². The Kier molecular flexibility index (Phi) is 5.37. The fourth-order valence-electron chi connectivity index (χ4n) is 2.50. The van der Waals surface area contributed by atoms with Gasteiger partial charge in [0.1, 0.15) is 17.1 Å². The van der Waals surface area contributed by atoms with Crippen LogP contribution in [0.4, 0.5) is 0 Å². The molecule has 6 heteroatoms. The zero-order chi connectivity index (χ0) is 19.6. The molecule has 27 heavy (non-hydrogen) atoms. The molecule has 1 aliphatic rings. The first-order valence-corrected chi connectivity index (χ1v) is 9.20. The smallest absolute Gasteiger partial charge is 0.344 e. The number of halogens is 1. The van der Waals surface area contributed by atoms with Gasteiger partial charge in [-0.1, -0.05) is 34.1 Å². The third-order valence-electron chi connectivity index (χ3n) is 3.61. The Labute approximate surface area is 166 Å². The van der Waals surface area contributed by atoms with Crippen molar-refractivity contribution in [2.45, 2.75) is 26.4 Å². The van der Waals surface area contributed by atoms with Crippen molar-refractivity contribution in [3.63, 3.8) is 0 Å². The van der Waals surface area contributed by atoms with Gasteiger partial charge >= 0.3 is 5.97 Å². The van der Waals surface area contributed by atoms with Crippen LogP contribution in [0.3, 0.4) is 0 Å². The maximum Gasteiger partial charge on any atom is 0.344 e. The van der Waals surface area contributed by atoms with Crippen LogP contribution in [0, 0.1) is 0 Å². The molecule has 5 nitrogen and oxygen atoms in total. The number of allylic oxidation sites excluding steroid dienone is 1. The van der Waals surface area contributed by atoms with Crippen molar-refractivity contribution in [2.24, 2.45) is 0 Å². The van der Waals surface area contributed by atoms with E-state index in [0.29, 0.717) is 17.1 Å². The second-order valence-electron chi connectivity index (χ2n) is 6.99. The van der Waals surface area contributed by atoms with Gasteiger partial charge in [-0.15, -0.1) is 0 Å². The van der Waals surface area contributed by atoms with Crippen molar-refractivity contribution in [1.82, 2.24) is 0 Å². The number of Topliss-reactive ketones (excluding diaryl/α,β-unsaturated/α-hetero) is 1. The summed E-state index contributed by atoms with van der Waals surface area (Å²) in [7, 11) is 0. The molecular weight excluding hydrogens is 412 g/mol. The van der Waals surface area contributed by atoms with Gasteiger partial charge in [-0.05, 0) is 50.6 Å². The quantitative estimate of drug-likeness (QED) is 0.515. The Morgan fingerprint density at radius 3 is 2.63 bits per heavy atom. The van der Waals surface area contributed by atoms with E-state index in [1.54, 1.807) is 45.0 Å². The number of hydrogen-bond donors (Lipinski definition) is 0. The molecule has 0 amide bonds. The van der Waals surface area contributed by atoms with Crippen molar-refractivity contribution in [2.75, 3.05) is 6.61 Å². The molecule has 140 valence electrons. The number of ether oxygens (including phenoxy) is 3. The lowest BCUT2D eigenvalue weighted by Gasteiger charge is -2.19. The van der Waals surface area contributed by atoms with Gasteiger partial charge in [-0.2, -0.15) is 0 Å². The predicted molar refractivity (Wildman–Crippen MR) is 105 cm³/mol. The first-order chi connectivity index (χ1) is 12.7. The number of esters is 1. The average Bonchev–Trinajstić information content (AvgIpc) is 2.89. The number of carbonyl (C=O) groups is 2. The molecular formula is C21H19BrO5. The molecule has 1 heterocycles. The predicted octanol–water partition coefficient (Wildman–Crippen LogP) is 4.79. The fourth-order valence-corrected chi connectivity index (χ4v) is 2.90. The van der Waals surface area contributed by atoms with Crippen LogP contribution < -0.4 is 9.47 Å². The highest BCUT2D eigenvalue weighted by Crippen LogP contribution is 2.35. The maximum atomic E-state index is 12.5. The molecule has 3 rings (SSSR count). The van der Waals surface area contributed by atoms with Gasteiger partial charge in [0.2, 0.25) is 5.78 Å². The number of rotatable bonds is 4. The highest BCUT2D eigenvalue weighted by Gasteiger charge is 2.28. The lowest BCUT2D eigenvalue weighted by Crippen LogP contribution is -2.27. The monoisotopic (exact) mass is 430 g/mol. The van der Waals surface area contributed by atoms with Gasteiger partial charge < -0.3 is 14.2 Å². The van der Waals surface area contributed by atoms with Gasteiger partial charge in [0, 0.05) is 10.5 Å². The van der Waals surface area contributed by atoms with Crippen molar-refractivity contribution in [1.29, 1.82) is 0 Å². The molecule has 0 N–H and O–H groups in total. The Bertz CT molecular complexity index is 924. The van der Waals surface area contributed by atoms with Gasteiger partial charge in [0.05, 0.1) is 5.56 Å². The summed E-state index contributed by atoms with van der Waals surface area (Å²) in [6.07, 6.45) is 1.69. The Morgan fingerprint density at radius 1 is 1.19 bits per heavy atom. The first kappa shape index (κ1) is 19.2. The SMILES string of the molecule is CC(C)(C)OC(=O)COc1ccc2c(c1)O/C(=C\c1ccccc1Br)C2=O. The Balaban J connectivity index is 1.72. The number of carbonyl (C=O) groups excluding carboxylic acids is 2. The van der Waals surface area contributed by atoms with Gasteiger partial charge in [-0.3, -0.25) is 4.79 Å². The van der Waals surface area contributed by atoms with E-state index in [1.165, 1.54) is 0 Å². The minimum atomic E-state index is -0.570. The minimum Gasteiger partial charge on any atom is -0.482 e. The van der Waals surface area contributed by atoms with E-state index in [1.807, 2.05) is 24.3 Å². The molecule has 0 aliphatic carbocycles. The highest BCUT2D eigenvalue weighted by atomic mass is 79.9. The van der Waals surface area contributed by atoms with Crippen LogP contribution in [-0.2, 0) is 9.53 Å².